The van der Waals surface area contributed by atoms with Crippen LogP contribution in [0.2, 0.25) is 0 Å². The fourth-order valence-corrected chi connectivity index (χ4v) is 4.42. The average molecular weight is 478 g/mol. The molecule has 2 aliphatic heterocycles. The molecule has 2 aliphatic rings. The Morgan fingerprint density at radius 2 is 1.60 bits per heavy atom. The second kappa shape index (κ2) is 10.9. The number of hydrogen-bond donors (Lipinski definition) is 1. The number of nitrogens with one attached hydrogen (secondary N) is 1. The topological polar surface area (TPSA) is 80.2 Å². The zero-order valence-electron chi connectivity index (χ0n) is 20.8. The maximum Gasteiger partial charge on any atom is 0.410 e. The van der Waals surface area contributed by atoms with Crippen molar-refractivity contribution in [1.29, 1.82) is 0 Å². The number of benzene rings is 2. The molecule has 35 heavy (non-hydrogen) atoms. The molecule has 2 atom stereocenters. The second-order valence-corrected chi connectivity index (χ2v) is 10.2. The first-order chi connectivity index (χ1) is 16.8. The molecule has 4 rings (SSSR count). The van der Waals surface area contributed by atoms with Gasteiger partial charge in [-0.1, -0.05) is 60.7 Å². The number of nitrogens with zero attached hydrogens (tertiary/aromatic N) is 2. The van der Waals surface area contributed by atoms with Gasteiger partial charge in [-0.25, -0.2) is 9.79 Å². The molecule has 2 aromatic rings. The molecule has 1 fully saturated rings. The zero-order valence-corrected chi connectivity index (χ0v) is 20.8. The van der Waals surface area contributed by atoms with Gasteiger partial charge in [-0.3, -0.25) is 4.79 Å². The van der Waals surface area contributed by atoms with Crippen molar-refractivity contribution in [2.45, 2.75) is 70.2 Å². The highest BCUT2D eigenvalue weighted by molar-refractivity contribution is 5.89. The van der Waals surface area contributed by atoms with Crippen molar-refractivity contribution in [3.63, 3.8) is 0 Å². The molecule has 1 N–H and O–H groups in total. The van der Waals surface area contributed by atoms with E-state index in [4.69, 9.17) is 14.5 Å². The van der Waals surface area contributed by atoms with Crippen molar-refractivity contribution < 1.29 is 19.1 Å². The van der Waals surface area contributed by atoms with E-state index >= 15 is 0 Å². The smallest absolute Gasteiger partial charge is 0.410 e. The standard InChI is InChI=1S/C28H35N3O4/c1-28(2,3)35-27(33)31-16-14-22(15-17-31)29-26(32)25-23(18-20-10-6-4-7-11-20)30-24(34-25)19-21-12-8-5-9-13-21/h4-13,22-23,25H,14-19H2,1-3H3,(H,29,32). The Morgan fingerprint density at radius 3 is 2.20 bits per heavy atom. The van der Waals surface area contributed by atoms with E-state index < -0.39 is 11.7 Å². The van der Waals surface area contributed by atoms with Gasteiger partial charge in [0.2, 0.25) is 6.10 Å². The molecule has 0 radical (unpaired) electrons. The summed E-state index contributed by atoms with van der Waals surface area (Å²) in [4.78, 5) is 32.2. The van der Waals surface area contributed by atoms with Crippen LogP contribution in [0.4, 0.5) is 4.79 Å². The Hall–Kier alpha value is -3.35. The van der Waals surface area contributed by atoms with Crippen molar-refractivity contribution >= 4 is 17.9 Å². The van der Waals surface area contributed by atoms with Crippen LogP contribution >= 0.6 is 0 Å². The lowest BCUT2D eigenvalue weighted by molar-refractivity contribution is -0.129. The molecule has 2 unspecified atom stereocenters. The summed E-state index contributed by atoms with van der Waals surface area (Å²) in [5, 5.41) is 3.15. The van der Waals surface area contributed by atoms with Gasteiger partial charge >= 0.3 is 6.09 Å². The zero-order chi connectivity index (χ0) is 24.8. The summed E-state index contributed by atoms with van der Waals surface area (Å²) in [5.74, 6) is 0.450. The number of rotatable bonds is 6. The second-order valence-electron chi connectivity index (χ2n) is 10.2. The van der Waals surface area contributed by atoms with E-state index in [9.17, 15) is 9.59 Å². The summed E-state index contributed by atoms with van der Waals surface area (Å²) >= 11 is 0. The molecule has 0 bridgehead atoms. The lowest BCUT2D eigenvalue weighted by Gasteiger charge is -2.34. The predicted octanol–water partition coefficient (Wildman–Crippen LogP) is 4.15. The first kappa shape index (κ1) is 24.8. The van der Waals surface area contributed by atoms with Gasteiger partial charge in [0.05, 0.1) is 0 Å². The van der Waals surface area contributed by atoms with Gasteiger partial charge in [-0.15, -0.1) is 0 Å². The van der Waals surface area contributed by atoms with E-state index in [1.807, 2.05) is 81.4 Å². The highest BCUT2D eigenvalue weighted by Crippen LogP contribution is 2.22. The van der Waals surface area contributed by atoms with Gasteiger partial charge in [0.25, 0.3) is 5.91 Å². The van der Waals surface area contributed by atoms with Gasteiger partial charge in [-0.05, 0) is 51.2 Å². The minimum Gasteiger partial charge on any atom is -0.465 e. The Labute approximate surface area is 207 Å². The first-order valence-corrected chi connectivity index (χ1v) is 12.4. The molecular formula is C28H35N3O4. The third kappa shape index (κ3) is 7.07. The van der Waals surface area contributed by atoms with Gasteiger partial charge in [0.1, 0.15) is 11.6 Å². The molecule has 7 nitrogen and oxygen atoms in total. The quantitative estimate of drug-likeness (QED) is 0.678. The molecule has 2 heterocycles. The normalized spacial score (nSPS) is 20.7. The molecule has 0 aliphatic carbocycles. The van der Waals surface area contributed by atoms with Crippen LogP contribution in [0.1, 0.15) is 44.7 Å². The number of carbonyl (C=O) groups is 2. The van der Waals surface area contributed by atoms with Crippen LogP contribution in [0.25, 0.3) is 0 Å². The van der Waals surface area contributed by atoms with Crippen molar-refractivity contribution in [2.24, 2.45) is 4.99 Å². The minimum atomic E-state index is -0.669. The lowest BCUT2D eigenvalue weighted by atomic mass is 10.00. The van der Waals surface area contributed by atoms with Crippen LogP contribution in [0.5, 0.6) is 0 Å². The van der Waals surface area contributed by atoms with Gasteiger partial charge < -0.3 is 19.7 Å². The Morgan fingerprint density at radius 1 is 1.00 bits per heavy atom. The molecular weight excluding hydrogens is 442 g/mol. The van der Waals surface area contributed by atoms with E-state index in [0.29, 0.717) is 44.7 Å². The summed E-state index contributed by atoms with van der Waals surface area (Å²) in [7, 11) is 0. The first-order valence-electron chi connectivity index (χ1n) is 12.4. The van der Waals surface area contributed by atoms with Crippen LogP contribution < -0.4 is 5.32 Å². The fourth-order valence-electron chi connectivity index (χ4n) is 4.42. The summed E-state index contributed by atoms with van der Waals surface area (Å²) in [5.41, 5.74) is 1.70. The summed E-state index contributed by atoms with van der Waals surface area (Å²) in [6.07, 6.45) is 1.58. The van der Waals surface area contributed by atoms with Gasteiger partial charge in [-0.2, -0.15) is 0 Å². The molecule has 1 saturated heterocycles. The lowest BCUT2D eigenvalue weighted by Crippen LogP contribution is -2.51. The summed E-state index contributed by atoms with van der Waals surface area (Å²) in [6, 6.07) is 19.8. The third-order valence-electron chi connectivity index (χ3n) is 6.16. The van der Waals surface area contributed by atoms with Crippen LogP contribution in [-0.4, -0.2) is 59.7 Å². The van der Waals surface area contributed by atoms with Crippen LogP contribution in [0.15, 0.2) is 65.7 Å². The van der Waals surface area contributed by atoms with E-state index in [-0.39, 0.29) is 24.1 Å². The molecule has 2 aromatic carbocycles. The molecule has 0 spiro atoms. The molecule has 7 heteroatoms. The molecule has 2 amide bonds. The number of likely N-dealkylation sites (tertiary alicyclic amines) is 1. The average Bonchev–Trinajstić information content (AvgIpc) is 3.22. The van der Waals surface area contributed by atoms with Crippen LogP contribution in [0, 0.1) is 0 Å². The third-order valence-corrected chi connectivity index (χ3v) is 6.16. The number of hydrogen-bond acceptors (Lipinski definition) is 5. The largest absolute Gasteiger partial charge is 0.465 e. The Balaban J connectivity index is 1.36. The predicted molar refractivity (Wildman–Crippen MR) is 135 cm³/mol. The molecule has 0 aromatic heterocycles. The fraction of sp³-hybridized carbons (Fsp3) is 0.464. The monoisotopic (exact) mass is 477 g/mol. The number of ether oxygens (including phenoxy) is 2. The number of piperidine rings is 1. The molecule has 0 saturated carbocycles. The highest BCUT2D eigenvalue weighted by atomic mass is 16.6. The van der Waals surface area contributed by atoms with E-state index in [2.05, 4.69) is 5.32 Å². The highest BCUT2D eigenvalue weighted by Gasteiger charge is 2.38. The summed E-state index contributed by atoms with van der Waals surface area (Å²) in [6.45, 7) is 6.68. The van der Waals surface area contributed by atoms with Crippen molar-refractivity contribution in [3.05, 3.63) is 71.8 Å². The van der Waals surface area contributed by atoms with Crippen molar-refractivity contribution in [3.8, 4) is 0 Å². The Kier molecular flexibility index (Phi) is 7.73. The van der Waals surface area contributed by atoms with Gasteiger partial charge in [0.15, 0.2) is 5.90 Å². The van der Waals surface area contributed by atoms with E-state index in [1.165, 1.54) is 0 Å². The minimum absolute atomic E-state index is 0.0136. The number of carbonyl (C=O) groups excluding carboxylic acids is 2. The van der Waals surface area contributed by atoms with Crippen molar-refractivity contribution in [1.82, 2.24) is 10.2 Å². The van der Waals surface area contributed by atoms with Gasteiger partial charge in [0, 0.05) is 25.6 Å². The number of aliphatic imine (C=N–C) groups is 1. The van der Waals surface area contributed by atoms with E-state index in [1.54, 1.807) is 4.90 Å². The number of amides is 2. The molecule has 186 valence electrons. The van der Waals surface area contributed by atoms with E-state index in [0.717, 1.165) is 11.1 Å². The SMILES string of the molecule is CC(C)(C)OC(=O)N1CCC(NC(=O)C2OC(Cc3ccccc3)=NC2Cc2ccccc2)CC1. The van der Waals surface area contributed by atoms with Crippen LogP contribution in [0.3, 0.4) is 0 Å². The maximum absolute atomic E-state index is 13.3. The Bertz CT molecular complexity index is 1030. The maximum atomic E-state index is 13.3. The van der Waals surface area contributed by atoms with Crippen LogP contribution in [-0.2, 0) is 27.1 Å². The summed E-state index contributed by atoms with van der Waals surface area (Å²) < 4.78 is 11.6. The van der Waals surface area contributed by atoms with Crippen molar-refractivity contribution in [2.75, 3.05) is 13.1 Å².